The van der Waals surface area contributed by atoms with Gasteiger partial charge in [0.05, 0.1) is 6.10 Å². The number of hydrogen-bond acceptors (Lipinski definition) is 1. The zero-order valence-corrected chi connectivity index (χ0v) is 9.94. The molecule has 1 atom stereocenters. The van der Waals surface area contributed by atoms with Crippen LogP contribution in [0, 0.1) is 5.92 Å². The molecule has 1 aromatic rings. The first-order valence-corrected chi connectivity index (χ1v) is 6.58. The lowest BCUT2D eigenvalue weighted by Crippen LogP contribution is -2.23. The van der Waals surface area contributed by atoms with Crippen molar-refractivity contribution in [2.24, 2.45) is 5.92 Å². The molecule has 1 unspecified atom stereocenters. The van der Waals surface area contributed by atoms with E-state index in [-0.39, 0.29) is 6.10 Å². The second kappa shape index (κ2) is 6.05. The number of aliphatic hydroxyl groups excluding tert-OH is 1. The molecule has 1 aromatic carbocycles. The second-order valence-electron chi connectivity index (χ2n) is 4.99. The molecule has 0 heterocycles. The molecule has 88 valence electrons. The molecule has 2 rings (SSSR count). The van der Waals surface area contributed by atoms with E-state index in [1.165, 1.54) is 37.7 Å². The van der Waals surface area contributed by atoms with Gasteiger partial charge in [-0.2, -0.15) is 0 Å². The van der Waals surface area contributed by atoms with Crippen molar-refractivity contribution < 1.29 is 5.11 Å². The van der Waals surface area contributed by atoms with Crippen LogP contribution < -0.4 is 0 Å². The van der Waals surface area contributed by atoms with Gasteiger partial charge in [0.2, 0.25) is 0 Å². The summed E-state index contributed by atoms with van der Waals surface area (Å²) in [4.78, 5) is 0. The fourth-order valence-corrected chi connectivity index (χ4v) is 2.71. The molecule has 0 saturated heterocycles. The van der Waals surface area contributed by atoms with Crippen LogP contribution in [0.1, 0.15) is 44.1 Å². The Morgan fingerprint density at radius 2 is 1.75 bits per heavy atom. The van der Waals surface area contributed by atoms with Crippen molar-refractivity contribution >= 4 is 0 Å². The van der Waals surface area contributed by atoms with Crippen LogP contribution in [-0.2, 0) is 6.42 Å². The van der Waals surface area contributed by atoms with E-state index >= 15 is 0 Å². The highest BCUT2D eigenvalue weighted by Gasteiger charge is 2.21. The smallest absolute Gasteiger partial charge is 0.0571 e. The molecule has 0 aromatic heterocycles. The molecule has 0 radical (unpaired) electrons. The Balaban J connectivity index is 1.76. The Labute approximate surface area is 98.5 Å². The Morgan fingerprint density at radius 1 is 1.06 bits per heavy atom. The van der Waals surface area contributed by atoms with Crippen molar-refractivity contribution in [2.75, 3.05) is 0 Å². The van der Waals surface area contributed by atoms with Crippen LogP contribution in [0.15, 0.2) is 30.3 Å². The fraction of sp³-hybridized carbons (Fsp3) is 0.600. The van der Waals surface area contributed by atoms with E-state index in [0.29, 0.717) is 5.92 Å². The molecular weight excluding hydrogens is 196 g/mol. The molecule has 1 fully saturated rings. The van der Waals surface area contributed by atoms with E-state index < -0.39 is 0 Å². The van der Waals surface area contributed by atoms with Crippen molar-refractivity contribution in [3.63, 3.8) is 0 Å². The summed E-state index contributed by atoms with van der Waals surface area (Å²) in [5.41, 5.74) is 1.34. The van der Waals surface area contributed by atoms with Gasteiger partial charge in [-0.15, -0.1) is 0 Å². The van der Waals surface area contributed by atoms with Gasteiger partial charge in [0.15, 0.2) is 0 Å². The van der Waals surface area contributed by atoms with Crippen molar-refractivity contribution in [3.05, 3.63) is 35.9 Å². The van der Waals surface area contributed by atoms with Crippen molar-refractivity contribution in [2.45, 2.75) is 51.0 Å². The molecule has 1 aliphatic carbocycles. The zero-order chi connectivity index (χ0) is 11.2. The predicted molar refractivity (Wildman–Crippen MR) is 67.3 cm³/mol. The van der Waals surface area contributed by atoms with Crippen LogP contribution in [-0.4, -0.2) is 11.2 Å². The molecule has 1 nitrogen and oxygen atoms in total. The number of rotatable bonds is 4. The maximum absolute atomic E-state index is 10.1. The van der Waals surface area contributed by atoms with Gasteiger partial charge in [-0.1, -0.05) is 49.6 Å². The van der Waals surface area contributed by atoms with Crippen molar-refractivity contribution in [1.82, 2.24) is 0 Å². The van der Waals surface area contributed by atoms with Gasteiger partial charge in [-0.25, -0.2) is 0 Å². The molecule has 1 heteroatoms. The van der Waals surface area contributed by atoms with Gasteiger partial charge in [0.1, 0.15) is 0 Å². The van der Waals surface area contributed by atoms with Gasteiger partial charge in [0.25, 0.3) is 0 Å². The van der Waals surface area contributed by atoms with E-state index in [2.05, 4.69) is 24.3 Å². The number of aryl methyl sites for hydroxylation is 1. The third-order valence-electron chi connectivity index (χ3n) is 3.77. The van der Waals surface area contributed by atoms with Crippen LogP contribution in [0.4, 0.5) is 0 Å². The molecule has 1 aliphatic rings. The van der Waals surface area contributed by atoms with E-state index in [1.807, 2.05) is 6.07 Å². The minimum Gasteiger partial charge on any atom is -0.393 e. The third kappa shape index (κ3) is 3.34. The summed E-state index contributed by atoms with van der Waals surface area (Å²) in [6.45, 7) is 0. The molecule has 0 aliphatic heterocycles. The SMILES string of the molecule is OC(CCc1ccccc1)C1CCCCC1. The number of hydrogen-bond donors (Lipinski definition) is 1. The largest absolute Gasteiger partial charge is 0.393 e. The quantitative estimate of drug-likeness (QED) is 0.819. The third-order valence-corrected chi connectivity index (χ3v) is 3.77. The molecule has 0 bridgehead atoms. The highest BCUT2D eigenvalue weighted by atomic mass is 16.3. The summed E-state index contributed by atoms with van der Waals surface area (Å²) in [5.74, 6) is 0.567. The van der Waals surface area contributed by atoms with E-state index in [1.54, 1.807) is 0 Å². The maximum Gasteiger partial charge on any atom is 0.0571 e. The summed E-state index contributed by atoms with van der Waals surface area (Å²) >= 11 is 0. The molecule has 1 saturated carbocycles. The maximum atomic E-state index is 10.1. The standard InChI is InChI=1S/C15H22O/c16-15(14-9-5-2-6-10-14)12-11-13-7-3-1-4-8-13/h1,3-4,7-8,14-16H,2,5-6,9-12H2. The van der Waals surface area contributed by atoms with Crippen LogP contribution in [0.5, 0.6) is 0 Å². The first kappa shape index (κ1) is 11.7. The van der Waals surface area contributed by atoms with Crippen LogP contribution in [0.2, 0.25) is 0 Å². The highest BCUT2D eigenvalue weighted by Crippen LogP contribution is 2.28. The Hall–Kier alpha value is -0.820. The minimum atomic E-state index is -0.0829. The van der Waals surface area contributed by atoms with E-state index in [0.717, 1.165) is 12.8 Å². The lowest BCUT2D eigenvalue weighted by Gasteiger charge is -2.26. The number of benzene rings is 1. The Bertz CT molecular complexity index is 288. The average molecular weight is 218 g/mol. The first-order valence-electron chi connectivity index (χ1n) is 6.58. The van der Waals surface area contributed by atoms with E-state index in [4.69, 9.17) is 0 Å². The highest BCUT2D eigenvalue weighted by molar-refractivity contribution is 5.14. The summed E-state index contributed by atoms with van der Waals surface area (Å²) in [6, 6.07) is 10.5. The van der Waals surface area contributed by atoms with Gasteiger partial charge in [-0.3, -0.25) is 0 Å². The molecule has 0 spiro atoms. The fourth-order valence-electron chi connectivity index (χ4n) is 2.71. The topological polar surface area (TPSA) is 20.2 Å². The second-order valence-corrected chi connectivity index (χ2v) is 4.99. The lowest BCUT2D eigenvalue weighted by molar-refractivity contribution is 0.0775. The Morgan fingerprint density at radius 3 is 2.44 bits per heavy atom. The Kier molecular flexibility index (Phi) is 4.41. The average Bonchev–Trinajstić information content (AvgIpc) is 2.38. The lowest BCUT2D eigenvalue weighted by atomic mass is 9.83. The van der Waals surface area contributed by atoms with Gasteiger partial charge in [-0.05, 0) is 37.2 Å². The van der Waals surface area contributed by atoms with Gasteiger partial charge >= 0.3 is 0 Å². The van der Waals surface area contributed by atoms with Crippen molar-refractivity contribution in [3.8, 4) is 0 Å². The van der Waals surface area contributed by atoms with Crippen LogP contribution >= 0.6 is 0 Å². The normalized spacial score (nSPS) is 19.6. The van der Waals surface area contributed by atoms with Crippen LogP contribution in [0.25, 0.3) is 0 Å². The summed E-state index contributed by atoms with van der Waals surface area (Å²) in [5, 5.41) is 10.1. The number of aliphatic hydroxyl groups is 1. The summed E-state index contributed by atoms with van der Waals surface area (Å²) in [7, 11) is 0. The van der Waals surface area contributed by atoms with Gasteiger partial charge in [0, 0.05) is 0 Å². The molecule has 16 heavy (non-hydrogen) atoms. The molecule has 1 N–H and O–H groups in total. The molecule has 0 amide bonds. The molecular formula is C15H22O. The van der Waals surface area contributed by atoms with Crippen LogP contribution in [0.3, 0.4) is 0 Å². The summed E-state index contributed by atoms with van der Waals surface area (Å²) < 4.78 is 0. The van der Waals surface area contributed by atoms with Gasteiger partial charge < -0.3 is 5.11 Å². The zero-order valence-electron chi connectivity index (χ0n) is 9.94. The monoisotopic (exact) mass is 218 g/mol. The summed E-state index contributed by atoms with van der Waals surface area (Å²) in [6.07, 6.45) is 8.31. The minimum absolute atomic E-state index is 0.0829. The predicted octanol–water partition coefficient (Wildman–Crippen LogP) is 3.56. The first-order chi connectivity index (χ1) is 7.86. The van der Waals surface area contributed by atoms with E-state index in [9.17, 15) is 5.11 Å². The van der Waals surface area contributed by atoms with Crippen molar-refractivity contribution in [1.29, 1.82) is 0 Å².